The lowest BCUT2D eigenvalue weighted by Crippen LogP contribution is -2.44. The third-order valence-corrected chi connectivity index (χ3v) is 3.81. The van der Waals surface area contributed by atoms with Crippen LogP contribution >= 0.6 is 0 Å². The lowest BCUT2D eigenvalue weighted by molar-refractivity contribution is 0.245. The molecule has 0 saturated heterocycles. The molecule has 116 valence electrons. The molecule has 0 aliphatic rings. The van der Waals surface area contributed by atoms with Crippen LogP contribution in [0.15, 0.2) is 60.7 Å². The van der Waals surface area contributed by atoms with Gasteiger partial charge in [-0.05, 0) is 11.1 Å². The fourth-order valence-electron chi connectivity index (χ4n) is 1.75. The van der Waals surface area contributed by atoms with Crippen LogP contribution in [0.1, 0.15) is 11.1 Å². The summed E-state index contributed by atoms with van der Waals surface area (Å²) in [6.07, 6.45) is 0. The van der Waals surface area contributed by atoms with Gasteiger partial charge in [-0.15, -0.1) is 0 Å². The molecular formula is C15H17N3O3S. The van der Waals surface area contributed by atoms with Crippen molar-refractivity contribution in [3.8, 4) is 0 Å². The van der Waals surface area contributed by atoms with E-state index >= 15 is 0 Å². The van der Waals surface area contributed by atoms with Crippen LogP contribution in [0.2, 0.25) is 0 Å². The normalized spacial score (nSPS) is 10.9. The first kappa shape index (κ1) is 16.0. The van der Waals surface area contributed by atoms with E-state index in [4.69, 9.17) is 0 Å². The zero-order valence-corrected chi connectivity index (χ0v) is 12.6. The Kier molecular flexibility index (Phi) is 5.51. The molecule has 0 unspecified atom stereocenters. The third-order valence-electron chi connectivity index (χ3n) is 2.83. The van der Waals surface area contributed by atoms with Crippen LogP contribution in [0.4, 0.5) is 4.79 Å². The highest BCUT2D eigenvalue weighted by Gasteiger charge is 2.13. The Balaban J connectivity index is 1.79. The molecule has 0 fully saturated rings. The van der Waals surface area contributed by atoms with Gasteiger partial charge in [-0.25, -0.2) is 9.52 Å². The zero-order chi connectivity index (χ0) is 15.8. The molecule has 0 bridgehead atoms. The standard InChI is InChI=1S/C15H17N3O3S/c19-15(16-11-13-7-3-1-4-8-13)18-22(20,21)17-12-14-9-5-2-6-10-14/h1-10,17H,11-12H2,(H2,16,18,19). The van der Waals surface area contributed by atoms with Gasteiger partial charge in [0.25, 0.3) is 0 Å². The predicted molar refractivity (Wildman–Crippen MR) is 84.0 cm³/mol. The summed E-state index contributed by atoms with van der Waals surface area (Å²) < 4.78 is 27.7. The van der Waals surface area contributed by atoms with Gasteiger partial charge >= 0.3 is 16.2 Å². The number of carbonyl (C=O) groups excluding carboxylic acids is 1. The van der Waals surface area contributed by atoms with Crippen LogP contribution in [0, 0.1) is 0 Å². The van der Waals surface area contributed by atoms with Crippen molar-refractivity contribution < 1.29 is 13.2 Å². The van der Waals surface area contributed by atoms with Crippen molar-refractivity contribution in [3.63, 3.8) is 0 Å². The Morgan fingerprint density at radius 2 is 1.32 bits per heavy atom. The topological polar surface area (TPSA) is 87.3 Å². The molecule has 2 rings (SSSR count). The van der Waals surface area contributed by atoms with Crippen molar-refractivity contribution >= 4 is 16.2 Å². The second-order valence-corrected chi connectivity index (χ2v) is 6.08. The van der Waals surface area contributed by atoms with Gasteiger partial charge in [0.2, 0.25) is 0 Å². The van der Waals surface area contributed by atoms with E-state index in [0.717, 1.165) is 11.1 Å². The summed E-state index contributed by atoms with van der Waals surface area (Å²) in [4.78, 5) is 11.6. The lowest BCUT2D eigenvalue weighted by atomic mass is 10.2. The van der Waals surface area contributed by atoms with E-state index in [1.165, 1.54) is 0 Å². The first-order chi connectivity index (χ1) is 10.6. The van der Waals surface area contributed by atoms with Gasteiger partial charge in [0, 0.05) is 13.1 Å². The maximum absolute atomic E-state index is 11.7. The Hall–Kier alpha value is -2.38. The molecule has 0 atom stereocenters. The van der Waals surface area contributed by atoms with Crippen LogP contribution in [0.3, 0.4) is 0 Å². The van der Waals surface area contributed by atoms with Gasteiger partial charge in [0.15, 0.2) is 0 Å². The number of hydrogen-bond donors (Lipinski definition) is 3. The molecule has 3 N–H and O–H groups in total. The maximum Gasteiger partial charge on any atom is 0.329 e. The number of amides is 2. The number of benzene rings is 2. The van der Waals surface area contributed by atoms with Crippen LogP contribution in [0.5, 0.6) is 0 Å². The smallest absolute Gasteiger partial charge is 0.329 e. The van der Waals surface area contributed by atoms with Gasteiger partial charge in [0.1, 0.15) is 0 Å². The van der Waals surface area contributed by atoms with E-state index in [1.807, 2.05) is 53.3 Å². The van der Waals surface area contributed by atoms with Crippen molar-refractivity contribution in [2.45, 2.75) is 13.1 Å². The van der Waals surface area contributed by atoms with Gasteiger partial charge in [0.05, 0.1) is 0 Å². The Morgan fingerprint density at radius 3 is 1.86 bits per heavy atom. The average molecular weight is 319 g/mol. The summed E-state index contributed by atoms with van der Waals surface area (Å²) in [6.45, 7) is 0.364. The maximum atomic E-state index is 11.7. The minimum Gasteiger partial charge on any atom is -0.333 e. The van der Waals surface area contributed by atoms with E-state index in [2.05, 4.69) is 10.0 Å². The number of carbonyl (C=O) groups is 1. The molecule has 2 amide bonds. The molecule has 2 aromatic rings. The third kappa shape index (κ3) is 5.55. The molecule has 6 nitrogen and oxygen atoms in total. The highest BCUT2D eigenvalue weighted by Crippen LogP contribution is 1.98. The second-order valence-electron chi connectivity index (χ2n) is 4.58. The van der Waals surface area contributed by atoms with E-state index in [0.29, 0.717) is 0 Å². The van der Waals surface area contributed by atoms with Crippen molar-refractivity contribution in [2.75, 3.05) is 0 Å². The first-order valence-electron chi connectivity index (χ1n) is 6.68. The minimum atomic E-state index is -3.90. The van der Waals surface area contributed by atoms with Crippen molar-refractivity contribution in [3.05, 3.63) is 71.8 Å². The monoisotopic (exact) mass is 319 g/mol. The summed E-state index contributed by atoms with van der Waals surface area (Å²) in [5.74, 6) is 0. The molecule has 0 aliphatic carbocycles. The molecular weight excluding hydrogens is 302 g/mol. The predicted octanol–water partition coefficient (Wildman–Crippen LogP) is 1.52. The Bertz CT molecular complexity index is 703. The average Bonchev–Trinajstić information content (AvgIpc) is 2.53. The number of nitrogens with one attached hydrogen (secondary N) is 3. The molecule has 0 aliphatic heterocycles. The van der Waals surface area contributed by atoms with E-state index in [-0.39, 0.29) is 13.1 Å². The van der Waals surface area contributed by atoms with Crippen molar-refractivity contribution in [1.82, 2.24) is 14.8 Å². The number of hydrogen-bond acceptors (Lipinski definition) is 3. The SMILES string of the molecule is O=C(NCc1ccccc1)NS(=O)(=O)NCc1ccccc1. The van der Waals surface area contributed by atoms with Gasteiger partial charge in [-0.3, -0.25) is 0 Å². The fourth-order valence-corrected chi connectivity index (χ4v) is 2.49. The minimum absolute atomic E-state index is 0.113. The lowest BCUT2D eigenvalue weighted by Gasteiger charge is -2.09. The molecule has 0 heterocycles. The fraction of sp³-hybridized carbons (Fsp3) is 0.133. The molecule has 0 saturated carbocycles. The largest absolute Gasteiger partial charge is 0.333 e. The molecule has 0 aromatic heterocycles. The molecule has 0 radical (unpaired) electrons. The first-order valence-corrected chi connectivity index (χ1v) is 8.16. The zero-order valence-electron chi connectivity index (χ0n) is 11.8. The summed E-state index contributed by atoms with van der Waals surface area (Å²) in [5, 5.41) is 2.48. The van der Waals surface area contributed by atoms with Crippen molar-refractivity contribution in [2.24, 2.45) is 0 Å². The number of urea groups is 1. The summed E-state index contributed by atoms with van der Waals surface area (Å²) in [7, 11) is -3.90. The van der Waals surface area contributed by atoms with Crippen LogP contribution in [-0.2, 0) is 23.3 Å². The quantitative estimate of drug-likeness (QED) is 0.754. The van der Waals surface area contributed by atoms with E-state index < -0.39 is 16.2 Å². The van der Waals surface area contributed by atoms with E-state index in [9.17, 15) is 13.2 Å². The molecule has 22 heavy (non-hydrogen) atoms. The molecule has 7 heteroatoms. The Morgan fingerprint density at radius 1 is 0.818 bits per heavy atom. The van der Waals surface area contributed by atoms with Gasteiger partial charge in [-0.1, -0.05) is 60.7 Å². The van der Waals surface area contributed by atoms with Crippen LogP contribution in [-0.4, -0.2) is 14.4 Å². The van der Waals surface area contributed by atoms with E-state index in [1.54, 1.807) is 12.1 Å². The second kappa shape index (κ2) is 7.58. The van der Waals surface area contributed by atoms with Crippen molar-refractivity contribution in [1.29, 1.82) is 0 Å². The van der Waals surface area contributed by atoms with Crippen LogP contribution in [0.25, 0.3) is 0 Å². The summed E-state index contributed by atoms with van der Waals surface area (Å²) in [6, 6.07) is 17.5. The van der Waals surface area contributed by atoms with Gasteiger partial charge in [-0.2, -0.15) is 13.1 Å². The summed E-state index contributed by atoms with van der Waals surface area (Å²) >= 11 is 0. The molecule has 2 aromatic carbocycles. The number of rotatable bonds is 6. The Labute approximate surface area is 129 Å². The highest BCUT2D eigenvalue weighted by atomic mass is 32.2. The molecule has 0 spiro atoms. The highest BCUT2D eigenvalue weighted by molar-refractivity contribution is 7.88. The van der Waals surface area contributed by atoms with Crippen LogP contribution < -0.4 is 14.8 Å². The van der Waals surface area contributed by atoms with Gasteiger partial charge < -0.3 is 5.32 Å². The summed E-state index contributed by atoms with van der Waals surface area (Å²) in [5.41, 5.74) is 1.69.